The largest absolute Gasteiger partial charge is 0.437 e. The summed E-state index contributed by atoms with van der Waals surface area (Å²) in [6.45, 7) is 3.99. The summed E-state index contributed by atoms with van der Waals surface area (Å²) in [5.74, 6) is -2.06. The van der Waals surface area contributed by atoms with Gasteiger partial charge in [-0.25, -0.2) is 9.18 Å². The molecule has 0 atom stereocenters. The van der Waals surface area contributed by atoms with E-state index in [-0.39, 0.29) is 29.8 Å². The van der Waals surface area contributed by atoms with E-state index in [2.05, 4.69) is 37.1 Å². The average Bonchev–Trinajstić information content (AvgIpc) is 3.55. The van der Waals surface area contributed by atoms with E-state index >= 15 is 4.39 Å². The zero-order valence-corrected chi connectivity index (χ0v) is 21.1. The van der Waals surface area contributed by atoms with Crippen LogP contribution in [0.3, 0.4) is 0 Å². The van der Waals surface area contributed by atoms with E-state index in [1.165, 1.54) is 6.20 Å². The van der Waals surface area contributed by atoms with Gasteiger partial charge in [-0.3, -0.25) is 9.88 Å². The van der Waals surface area contributed by atoms with E-state index in [1.807, 2.05) is 0 Å². The van der Waals surface area contributed by atoms with Crippen molar-refractivity contribution >= 4 is 0 Å². The number of halogens is 3. The van der Waals surface area contributed by atoms with Gasteiger partial charge in [0.1, 0.15) is 5.82 Å². The van der Waals surface area contributed by atoms with Crippen molar-refractivity contribution in [3.8, 4) is 22.9 Å². The van der Waals surface area contributed by atoms with Crippen molar-refractivity contribution in [1.82, 2.24) is 34.8 Å². The van der Waals surface area contributed by atoms with Gasteiger partial charge >= 0.3 is 12.2 Å². The van der Waals surface area contributed by atoms with Gasteiger partial charge in [-0.1, -0.05) is 12.1 Å². The van der Waals surface area contributed by atoms with Crippen LogP contribution in [-0.2, 0) is 6.54 Å². The molecule has 0 saturated carbocycles. The second-order valence-corrected chi connectivity index (χ2v) is 10.0. The number of piperidine rings is 1. The summed E-state index contributed by atoms with van der Waals surface area (Å²) in [6, 6.07) is 8.82. The van der Waals surface area contributed by atoms with Crippen molar-refractivity contribution in [2.24, 2.45) is 0 Å². The van der Waals surface area contributed by atoms with Gasteiger partial charge < -0.3 is 13.7 Å². The highest BCUT2D eigenvalue weighted by atomic mass is 19.3. The molecule has 204 valence electrons. The Bertz CT molecular complexity index is 1500. The summed E-state index contributed by atoms with van der Waals surface area (Å²) in [5.41, 5.74) is 1.54. The highest BCUT2D eigenvalue weighted by molar-refractivity contribution is 5.56. The SMILES string of the molecule is CN1CC(N2CCC(c3cccc(-c4nn(Cc5ccc(-c6nnc(C(F)F)o6)cn5)c(=O)o4)c3F)CC2)C1. The molecule has 0 unspecified atom stereocenters. The third-order valence-corrected chi connectivity index (χ3v) is 7.41. The summed E-state index contributed by atoms with van der Waals surface area (Å²) in [6.07, 6.45) is 0.230. The number of hydrogen-bond donors (Lipinski definition) is 0. The maximum atomic E-state index is 15.6. The lowest BCUT2D eigenvalue weighted by Gasteiger charge is -2.46. The van der Waals surface area contributed by atoms with Crippen molar-refractivity contribution in [1.29, 1.82) is 0 Å². The van der Waals surface area contributed by atoms with Crippen LogP contribution in [0.5, 0.6) is 0 Å². The Morgan fingerprint density at radius 1 is 1.05 bits per heavy atom. The lowest BCUT2D eigenvalue weighted by Crippen LogP contribution is -2.59. The molecule has 39 heavy (non-hydrogen) atoms. The molecule has 2 aliphatic rings. The quantitative estimate of drug-likeness (QED) is 0.347. The summed E-state index contributed by atoms with van der Waals surface area (Å²) in [5, 5.41) is 11.1. The van der Waals surface area contributed by atoms with Crippen LogP contribution in [0.25, 0.3) is 22.9 Å². The molecule has 0 aliphatic carbocycles. The molecule has 10 nitrogen and oxygen atoms in total. The average molecular weight is 542 g/mol. The molecule has 2 fully saturated rings. The highest BCUT2D eigenvalue weighted by Crippen LogP contribution is 2.34. The Hall–Kier alpha value is -3.84. The minimum Gasteiger partial charge on any atom is -0.415 e. The van der Waals surface area contributed by atoms with E-state index in [0.29, 0.717) is 22.9 Å². The van der Waals surface area contributed by atoms with Crippen molar-refractivity contribution < 1.29 is 22.0 Å². The summed E-state index contributed by atoms with van der Waals surface area (Å²) < 4.78 is 52.3. The monoisotopic (exact) mass is 541 g/mol. The number of likely N-dealkylation sites (tertiary alicyclic amines) is 2. The molecule has 2 aliphatic heterocycles. The molecule has 0 N–H and O–H groups in total. The number of benzene rings is 1. The van der Waals surface area contributed by atoms with E-state index in [9.17, 15) is 13.6 Å². The fourth-order valence-electron chi connectivity index (χ4n) is 5.26. The van der Waals surface area contributed by atoms with Crippen molar-refractivity contribution in [2.45, 2.75) is 37.8 Å². The molecule has 0 amide bonds. The number of pyridine rings is 1. The normalized spacial score (nSPS) is 17.7. The molecule has 2 saturated heterocycles. The first-order valence-electron chi connectivity index (χ1n) is 12.7. The molecule has 0 bridgehead atoms. The van der Waals surface area contributed by atoms with Gasteiger partial charge in [0.05, 0.1) is 23.4 Å². The van der Waals surface area contributed by atoms with Gasteiger partial charge in [-0.15, -0.1) is 15.3 Å². The van der Waals surface area contributed by atoms with E-state index in [0.717, 1.165) is 43.7 Å². The van der Waals surface area contributed by atoms with Crippen LogP contribution in [0.4, 0.5) is 13.2 Å². The molecule has 0 spiro atoms. The lowest BCUT2D eigenvalue weighted by atomic mass is 9.87. The van der Waals surface area contributed by atoms with Gasteiger partial charge in [-0.05, 0) is 62.7 Å². The maximum absolute atomic E-state index is 15.6. The van der Waals surface area contributed by atoms with Crippen LogP contribution in [0, 0.1) is 5.82 Å². The molecule has 6 rings (SSSR count). The second-order valence-electron chi connectivity index (χ2n) is 10.0. The fraction of sp³-hybridized carbons (Fsp3) is 0.423. The fourth-order valence-corrected chi connectivity index (χ4v) is 5.26. The highest BCUT2D eigenvalue weighted by Gasteiger charge is 2.33. The van der Waals surface area contributed by atoms with Crippen LogP contribution in [0.2, 0.25) is 0 Å². The third kappa shape index (κ3) is 5.11. The second kappa shape index (κ2) is 10.4. The van der Waals surface area contributed by atoms with Gasteiger partial charge in [0.2, 0.25) is 5.89 Å². The number of likely N-dealkylation sites (N-methyl/N-ethyl adjacent to an activating group) is 1. The van der Waals surface area contributed by atoms with Crippen molar-refractivity contribution in [3.63, 3.8) is 0 Å². The summed E-state index contributed by atoms with van der Waals surface area (Å²) in [4.78, 5) is 21.5. The first-order chi connectivity index (χ1) is 18.9. The molecule has 0 radical (unpaired) electrons. The predicted molar refractivity (Wildman–Crippen MR) is 133 cm³/mol. The first-order valence-corrected chi connectivity index (χ1v) is 12.7. The molecule has 13 heteroatoms. The Morgan fingerprint density at radius 2 is 1.85 bits per heavy atom. The van der Waals surface area contributed by atoms with Crippen molar-refractivity contribution in [2.75, 3.05) is 33.2 Å². The minimum atomic E-state index is -2.87. The summed E-state index contributed by atoms with van der Waals surface area (Å²) >= 11 is 0. The number of aromatic nitrogens is 5. The Labute approximate surface area is 221 Å². The van der Waals surface area contributed by atoms with Crippen LogP contribution >= 0.6 is 0 Å². The van der Waals surface area contributed by atoms with Gasteiger partial charge in [0, 0.05) is 25.3 Å². The first kappa shape index (κ1) is 25.4. The third-order valence-electron chi connectivity index (χ3n) is 7.41. The smallest absolute Gasteiger partial charge is 0.415 e. The number of rotatable bonds is 7. The van der Waals surface area contributed by atoms with Gasteiger partial charge in [0.15, 0.2) is 0 Å². The molecular weight excluding hydrogens is 515 g/mol. The molecule has 1 aromatic carbocycles. The standard InChI is InChI=1S/C26H26F3N7O3/c1-34-13-18(14-34)35-9-7-15(8-10-35)19-3-2-4-20(21(19)27)24-33-36(26(37)39-24)12-17-6-5-16(11-30-17)23-31-32-25(38-23)22(28)29/h2-6,11,15,18,22H,7-10,12-14H2,1H3. The zero-order chi connectivity index (χ0) is 27.1. The number of hydrogen-bond acceptors (Lipinski definition) is 9. The predicted octanol–water partition coefficient (Wildman–Crippen LogP) is 3.57. The molecule has 3 aromatic heterocycles. The van der Waals surface area contributed by atoms with Crippen LogP contribution < -0.4 is 5.76 Å². The number of alkyl halides is 2. The number of nitrogens with zero attached hydrogens (tertiary/aromatic N) is 7. The Morgan fingerprint density at radius 3 is 2.51 bits per heavy atom. The molecule has 5 heterocycles. The zero-order valence-electron chi connectivity index (χ0n) is 21.1. The van der Waals surface area contributed by atoms with E-state index in [1.54, 1.807) is 30.3 Å². The maximum Gasteiger partial charge on any atom is 0.437 e. The Balaban J connectivity index is 1.15. The van der Waals surface area contributed by atoms with E-state index in [4.69, 9.17) is 8.83 Å². The van der Waals surface area contributed by atoms with Gasteiger partial charge in [0.25, 0.3) is 11.8 Å². The lowest BCUT2D eigenvalue weighted by molar-refractivity contribution is 0.0361. The van der Waals surface area contributed by atoms with Crippen LogP contribution in [-0.4, -0.2) is 74.0 Å². The molecular formula is C26H26F3N7O3. The molecule has 4 aromatic rings. The summed E-state index contributed by atoms with van der Waals surface area (Å²) in [7, 11) is 2.11. The van der Waals surface area contributed by atoms with Crippen molar-refractivity contribution in [3.05, 3.63) is 70.0 Å². The Kier molecular flexibility index (Phi) is 6.77. The topological polar surface area (TPSA) is 106 Å². The van der Waals surface area contributed by atoms with Gasteiger partial charge in [-0.2, -0.15) is 13.5 Å². The minimum absolute atomic E-state index is 0.0368. The van der Waals surface area contributed by atoms with E-state index < -0.39 is 23.9 Å². The van der Waals surface area contributed by atoms with Crippen LogP contribution in [0.1, 0.15) is 42.3 Å². The van der Waals surface area contributed by atoms with Crippen LogP contribution in [0.15, 0.2) is 50.2 Å².